The van der Waals surface area contributed by atoms with Crippen LogP contribution in [0.15, 0.2) is 42.5 Å². The standard InChI is InChI=1S/C30H41NO6S.C3H8/c1-4-23(37-24-11-6-5-7-12-24)16-14-22-15-17-26(27(20-22)25-13-9-8-10-21(25)2)29(32)31-28(30(33)34)18-19-38(3,35)36;1-3-2/h8-10,13,15,17,20,23-24,28H,4-7,11-12,14,16,18-19H2,1-3H3,(H,31,32)(H,33,34);3H2,1-2H3. The van der Waals surface area contributed by atoms with Crippen LogP contribution in [0, 0.1) is 6.92 Å². The molecule has 1 aliphatic carbocycles. The van der Waals surface area contributed by atoms with Gasteiger partial charge in [-0.15, -0.1) is 0 Å². The lowest BCUT2D eigenvalue weighted by Crippen LogP contribution is -2.42. The summed E-state index contributed by atoms with van der Waals surface area (Å²) in [5.74, 6) is -2.13. The fourth-order valence-corrected chi connectivity index (χ4v) is 5.70. The van der Waals surface area contributed by atoms with Gasteiger partial charge in [0.15, 0.2) is 0 Å². The van der Waals surface area contributed by atoms with Gasteiger partial charge in [0.05, 0.1) is 18.0 Å². The highest BCUT2D eigenvalue weighted by atomic mass is 32.2. The number of aryl methyl sites for hydroxylation is 2. The van der Waals surface area contributed by atoms with E-state index in [-0.39, 0.29) is 18.3 Å². The van der Waals surface area contributed by atoms with Crippen LogP contribution in [0.2, 0.25) is 0 Å². The number of hydrogen-bond acceptors (Lipinski definition) is 5. The van der Waals surface area contributed by atoms with Crippen LogP contribution in [0.4, 0.5) is 0 Å². The number of carboxylic acid groups (broad SMARTS) is 1. The molecule has 0 heterocycles. The number of carbonyl (C=O) groups is 2. The zero-order chi connectivity index (χ0) is 30.4. The molecule has 2 unspecified atom stereocenters. The molecular weight excluding hydrogens is 538 g/mol. The Hall–Kier alpha value is -2.71. The van der Waals surface area contributed by atoms with Crippen LogP contribution in [0.5, 0.6) is 0 Å². The normalized spacial score (nSPS) is 15.3. The SMILES string of the molecule is CCC.CCC(CCc1ccc(C(=O)NC(CCS(C)(=O)=O)C(=O)O)c(-c2ccccc2C)c1)OC1CCCCC1. The van der Waals surface area contributed by atoms with Crippen molar-refractivity contribution in [3.05, 3.63) is 59.2 Å². The smallest absolute Gasteiger partial charge is 0.326 e. The molecule has 228 valence electrons. The lowest BCUT2D eigenvalue weighted by atomic mass is 9.92. The molecule has 7 nitrogen and oxygen atoms in total. The molecule has 2 atom stereocenters. The van der Waals surface area contributed by atoms with Gasteiger partial charge in [-0.05, 0) is 73.8 Å². The maximum absolute atomic E-state index is 13.3. The van der Waals surface area contributed by atoms with Crippen LogP contribution >= 0.6 is 0 Å². The Morgan fingerprint density at radius 2 is 1.66 bits per heavy atom. The number of benzene rings is 2. The van der Waals surface area contributed by atoms with Crippen molar-refractivity contribution in [2.24, 2.45) is 0 Å². The Morgan fingerprint density at radius 3 is 2.24 bits per heavy atom. The molecule has 2 aromatic rings. The van der Waals surface area contributed by atoms with Gasteiger partial charge in [-0.25, -0.2) is 13.2 Å². The predicted molar refractivity (Wildman–Crippen MR) is 166 cm³/mol. The number of amides is 1. The van der Waals surface area contributed by atoms with Gasteiger partial charge in [-0.1, -0.05) is 82.9 Å². The summed E-state index contributed by atoms with van der Waals surface area (Å²) in [5, 5.41) is 12.1. The van der Waals surface area contributed by atoms with Crippen LogP contribution in [0.3, 0.4) is 0 Å². The van der Waals surface area contributed by atoms with Crippen molar-refractivity contribution < 1.29 is 27.9 Å². The molecule has 3 rings (SSSR count). The van der Waals surface area contributed by atoms with E-state index in [0.29, 0.717) is 11.7 Å². The third-order valence-electron chi connectivity index (χ3n) is 7.29. The molecule has 0 spiro atoms. The van der Waals surface area contributed by atoms with Gasteiger partial charge >= 0.3 is 5.97 Å². The maximum Gasteiger partial charge on any atom is 0.326 e. The van der Waals surface area contributed by atoms with E-state index in [2.05, 4.69) is 26.1 Å². The second-order valence-electron chi connectivity index (χ2n) is 11.1. The highest BCUT2D eigenvalue weighted by Gasteiger charge is 2.24. The fraction of sp³-hybridized carbons (Fsp3) is 0.576. The summed E-state index contributed by atoms with van der Waals surface area (Å²) < 4.78 is 29.5. The van der Waals surface area contributed by atoms with E-state index >= 15 is 0 Å². The quantitative estimate of drug-likeness (QED) is 0.268. The molecule has 41 heavy (non-hydrogen) atoms. The summed E-state index contributed by atoms with van der Waals surface area (Å²) in [6.45, 7) is 8.38. The molecule has 0 aromatic heterocycles. The lowest BCUT2D eigenvalue weighted by molar-refractivity contribution is -0.139. The molecule has 1 fully saturated rings. The molecule has 8 heteroatoms. The van der Waals surface area contributed by atoms with Crippen molar-refractivity contribution in [3.8, 4) is 11.1 Å². The Bertz CT molecular complexity index is 1220. The summed E-state index contributed by atoms with van der Waals surface area (Å²) in [7, 11) is -3.37. The first-order valence-electron chi connectivity index (χ1n) is 15.0. The highest BCUT2D eigenvalue weighted by Crippen LogP contribution is 2.30. The molecular formula is C33H49NO6S. The van der Waals surface area contributed by atoms with E-state index in [9.17, 15) is 23.1 Å². The molecule has 1 aliphatic rings. The van der Waals surface area contributed by atoms with Crippen molar-refractivity contribution >= 4 is 21.7 Å². The Balaban J connectivity index is 0.00000187. The van der Waals surface area contributed by atoms with Crippen LogP contribution in [0.25, 0.3) is 11.1 Å². The van der Waals surface area contributed by atoms with Gasteiger partial charge < -0.3 is 15.2 Å². The first-order chi connectivity index (χ1) is 19.5. The molecule has 1 saturated carbocycles. The van der Waals surface area contributed by atoms with E-state index in [1.807, 2.05) is 43.3 Å². The monoisotopic (exact) mass is 587 g/mol. The number of ether oxygens (including phenoxy) is 1. The summed E-state index contributed by atoms with van der Waals surface area (Å²) in [6, 6.07) is 12.1. The molecule has 0 aliphatic heterocycles. The van der Waals surface area contributed by atoms with Crippen molar-refractivity contribution in [3.63, 3.8) is 0 Å². The number of nitrogens with one attached hydrogen (secondary N) is 1. The van der Waals surface area contributed by atoms with E-state index < -0.39 is 27.8 Å². The number of rotatable bonds is 13. The number of aliphatic carboxylic acids is 1. The summed E-state index contributed by atoms with van der Waals surface area (Å²) in [6.07, 6.45) is 11.3. The van der Waals surface area contributed by atoms with Crippen molar-refractivity contribution in [2.45, 2.75) is 110 Å². The van der Waals surface area contributed by atoms with Crippen LogP contribution < -0.4 is 5.32 Å². The third-order valence-corrected chi connectivity index (χ3v) is 8.27. The zero-order valence-corrected chi connectivity index (χ0v) is 26.3. The van der Waals surface area contributed by atoms with E-state index in [0.717, 1.165) is 60.6 Å². The highest BCUT2D eigenvalue weighted by molar-refractivity contribution is 7.90. The maximum atomic E-state index is 13.3. The average molecular weight is 588 g/mol. The zero-order valence-electron chi connectivity index (χ0n) is 25.4. The summed E-state index contributed by atoms with van der Waals surface area (Å²) >= 11 is 0. The van der Waals surface area contributed by atoms with Crippen molar-refractivity contribution in [2.75, 3.05) is 12.0 Å². The molecule has 0 bridgehead atoms. The Morgan fingerprint density at radius 1 is 1.00 bits per heavy atom. The molecule has 2 aromatic carbocycles. The third kappa shape index (κ3) is 12.0. The number of carboxylic acids is 1. The second kappa shape index (κ2) is 17.3. The molecule has 1 amide bonds. The van der Waals surface area contributed by atoms with Gasteiger partial charge in [0, 0.05) is 11.8 Å². The summed E-state index contributed by atoms with van der Waals surface area (Å²) in [4.78, 5) is 25.0. The van der Waals surface area contributed by atoms with E-state index in [1.54, 1.807) is 6.07 Å². The Labute approximate surface area is 247 Å². The van der Waals surface area contributed by atoms with Gasteiger partial charge in [0.25, 0.3) is 5.91 Å². The van der Waals surface area contributed by atoms with Gasteiger partial charge in [0.1, 0.15) is 15.9 Å². The van der Waals surface area contributed by atoms with Crippen molar-refractivity contribution in [1.29, 1.82) is 0 Å². The first-order valence-corrected chi connectivity index (χ1v) is 17.1. The largest absolute Gasteiger partial charge is 0.480 e. The molecule has 0 radical (unpaired) electrons. The Kier molecular flexibility index (Phi) is 14.5. The van der Waals surface area contributed by atoms with Crippen molar-refractivity contribution in [1.82, 2.24) is 5.32 Å². The first kappa shape index (κ1) is 34.5. The second-order valence-corrected chi connectivity index (χ2v) is 13.4. The number of carbonyl (C=O) groups excluding carboxylic acids is 1. The topological polar surface area (TPSA) is 110 Å². The van der Waals surface area contributed by atoms with Crippen LogP contribution in [0.1, 0.15) is 100 Å². The molecule has 2 N–H and O–H groups in total. The van der Waals surface area contributed by atoms with E-state index in [1.165, 1.54) is 25.7 Å². The fourth-order valence-electron chi connectivity index (χ4n) is 5.04. The minimum absolute atomic E-state index is 0.189. The van der Waals surface area contributed by atoms with Gasteiger partial charge in [-0.3, -0.25) is 4.79 Å². The average Bonchev–Trinajstić information content (AvgIpc) is 2.93. The van der Waals surface area contributed by atoms with Gasteiger partial charge in [-0.2, -0.15) is 0 Å². The van der Waals surface area contributed by atoms with Crippen LogP contribution in [-0.4, -0.2) is 55.7 Å². The predicted octanol–water partition coefficient (Wildman–Crippen LogP) is 6.76. The molecule has 0 saturated heterocycles. The minimum atomic E-state index is -3.37. The van der Waals surface area contributed by atoms with E-state index in [4.69, 9.17) is 4.74 Å². The van der Waals surface area contributed by atoms with Crippen LogP contribution in [-0.2, 0) is 25.8 Å². The van der Waals surface area contributed by atoms with Gasteiger partial charge in [0.2, 0.25) is 0 Å². The number of sulfone groups is 1. The minimum Gasteiger partial charge on any atom is -0.480 e. The lowest BCUT2D eigenvalue weighted by Gasteiger charge is -2.27. The number of hydrogen-bond donors (Lipinski definition) is 2. The summed E-state index contributed by atoms with van der Waals surface area (Å²) in [5.41, 5.74) is 4.06.